The molecule has 0 saturated heterocycles. The van der Waals surface area contributed by atoms with Gasteiger partial charge in [0.2, 0.25) is 0 Å². The van der Waals surface area contributed by atoms with Crippen LogP contribution in [0.1, 0.15) is 11.1 Å². The molecular weight excluding hydrogens is 218 g/mol. The first kappa shape index (κ1) is 9.72. The van der Waals surface area contributed by atoms with Crippen LogP contribution in [0.5, 0.6) is 0 Å². The van der Waals surface area contributed by atoms with Crippen molar-refractivity contribution < 1.29 is 0 Å². The Balaban J connectivity index is 2.04. The first-order chi connectivity index (χ1) is 8.81. The fraction of sp³-hybridized carbons (Fsp3) is 0.0588. The molecule has 4 rings (SSSR count). The monoisotopic (exact) mass is 231 g/mol. The van der Waals surface area contributed by atoms with Crippen molar-refractivity contribution in [2.75, 3.05) is 5.73 Å². The number of rotatable bonds is 0. The number of hydrogen-bond donors (Lipinski definition) is 1. The smallest absolute Gasteiger partial charge is 0.0320 e. The van der Waals surface area contributed by atoms with Crippen molar-refractivity contribution in [3.8, 4) is 11.1 Å². The molecular formula is C17H13N. The van der Waals surface area contributed by atoms with Crippen molar-refractivity contribution in [1.82, 2.24) is 0 Å². The lowest BCUT2D eigenvalue weighted by Gasteiger charge is -2.05. The maximum atomic E-state index is 5.85. The van der Waals surface area contributed by atoms with E-state index in [4.69, 9.17) is 5.73 Å². The summed E-state index contributed by atoms with van der Waals surface area (Å²) in [5.74, 6) is 0. The molecule has 1 heteroatoms. The van der Waals surface area contributed by atoms with E-state index in [0.717, 1.165) is 12.1 Å². The lowest BCUT2D eigenvalue weighted by Crippen LogP contribution is -1.86. The standard InChI is InChI=1S/C17H13N/c18-15-6-5-11-10-17-14(8-13(11)9-15)7-12-3-1-2-4-16(12)17/h1-6,8-10H,7,18H2. The number of nitrogen functional groups attached to an aromatic ring is 1. The van der Waals surface area contributed by atoms with Gasteiger partial charge in [0.05, 0.1) is 0 Å². The first-order valence-electron chi connectivity index (χ1n) is 6.22. The highest BCUT2D eigenvalue weighted by Crippen LogP contribution is 2.38. The van der Waals surface area contributed by atoms with Gasteiger partial charge in [-0.1, -0.05) is 36.4 Å². The summed E-state index contributed by atoms with van der Waals surface area (Å²) in [6, 6.07) is 19.3. The molecule has 0 amide bonds. The summed E-state index contributed by atoms with van der Waals surface area (Å²) in [6.07, 6.45) is 1.04. The molecule has 1 aliphatic carbocycles. The molecule has 0 bridgehead atoms. The van der Waals surface area contributed by atoms with Gasteiger partial charge >= 0.3 is 0 Å². The van der Waals surface area contributed by atoms with Crippen LogP contribution >= 0.6 is 0 Å². The average molecular weight is 231 g/mol. The number of benzene rings is 3. The lowest BCUT2D eigenvalue weighted by atomic mass is 10.0. The van der Waals surface area contributed by atoms with E-state index >= 15 is 0 Å². The van der Waals surface area contributed by atoms with Crippen LogP contribution in [0, 0.1) is 0 Å². The van der Waals surface area contributed by atoms with Gasteiger partial charge in [-0.05, 0) is 57.6 Å². The number of anilines is 1. The second kappa shape index (κ2) is 3.36. The molecule has 0 atom stereocenters. The van der Waals surface area contributed by atoms with E-state index in [1.54, 1.807) is 0 Å². The van der Waals surface area contributed by atoms with Gasteiger partial charge in [-0.25, -0.2) is 0 Å². The minimum absolute atomic E-state index is 0.831. The average Bonchev–Trinajstić information content (AvgIpc) is 2.73. The van der Waals surface area contributed by atoms with Crippen LogP contribution in [-0.4, -0.2) is 0 Å². The molecule has 0 spiro atoms. The van der Waals surface area contributed by atoms with Crippen molar-refractivity contribution in [3.05, 3.63) is 65.7 Å². The summed E-state index contributed by atoms with van der Waals surface area (Å²) >= 11 is 0. The fourth-order valence-electron chi connectivity index (χ4n) is 2.90. The van der Waals surface area contributed by atoms with Gasteiger partial charge in [-0.15, -0.1) is 0 Å². The van der Waals surface area contributed by atoms with E-state index in [1.807, 2.05) is 6.07 Å². The molecule has 3 aromatic carbocycles. The van der Waals surface area contributed by atoms with Crippen LogP contribution in [-0.2, 0) is 6.42 Å². The molecule has 0 aliphatic heterocycles. The van der Waals surface area contributed by atoms with Crippen molar-refractivity contribution in [2.24, 2.45) is 0 Å². The zero-order chi connectivity index (χ0) is 12.1. The molecule has 86 valence electrons. The van der Waals surface area contributed by atoms with Gasteiger partial charge < -0.3 is 5.73 Å². The number of nitrogens with two attached hydrogens (primary N) is 1. The van der Waals surface area contributed by atoms with Gasteiger partial charge in [0.1, 0.15) is 0 Å². The van der Waals surface area contributed by atoms with E-state index in [9.17, 15) is 0 Å². The highest BCUT2D eigenvalue weighted by Gasteiger charge is 2.18. The van der Waals surface area contributed by atoms with Crippen LogP contribution in [0.4, 0.5) is 5.69 Å². The topological polar surface area (TPSA) is 26.0 Å². The summed E-state index contributed by atoms with van der Waals surface area (Å²) in [6.45, 7) is 0. The Labute approximate surface area is 106 Å². The van der Waals surface area contributed by atoms with E-state index in [-0.39, 0.29) is 0 Å². The third-order valence-corrected chi connectivity index (χ3v) is 3.77. The summed E-state index contributed by atoms with van der Waals surface area (Å²) in [7, 11) is 0. The third kappa shape index (κ3) is 1.28. The summed E-state index contributed by atoms with van der Waals surface area (Å²) in [5, 5.41) is 2.50. The van der Waals surface area contributed by atoms with Gasteiger partial charge in [-0.2, -0.15) is 0 Å². The maximum Gasteiger partial charge on any atom is 0.0320 e. The van der Waals surface area contributed by atoms with Crippen LogP contribution in [0.3, 0.4) is 0 Å². The Morgan fingerprint density at radius 2 is 1.61 bits per heavy atom. The Morgan fingerprint density at radius 1 is 0.722 bits per heavy atom. The molecule has 0 aromatic heterocycles. The van der Waals surface area contributed by atoms with Crippen molar-refractivity contribution >= 4 is 16.5 Å². The highest BCUT2D eigenvalue weighted by molar-refractivity contribution is 5.93. The summed E-state index contributed by atoms with van der Waals surface area (Å²) in [4.78, 5) is 0. The van der Waals surface area contributed by atoms with Crippen LogP contribution in [0.15, 0.2) is 54.6 Å². The van der Waals surface area contributed by atoms with Gasteiger partial charge in [0, 0.05) is 5.69 Å². The molecule has 2 N–H and O–H groups in total. The van der Waals surface area contributed by atoms with Crippen LogP contribution < -0.4 is 5.73 Å². The van der Waals surface area contributed by atoms with Crippen molar-refractivity contribution in [3.63, 3.8) is 0 Å². The molecule has 0 radical (unpaired) electrons. The molecule has 1 nitrogen and oxygen atoms in total. The molecule has 3 aromatic rings. The summed E-state index contributed by atoms with van der Waals surface area (Å²) in [5.41, 5.74) is 12.3. The van der Waals surface area contributed by atoms with E-state index in [2.05, 4.69) is 48.5 Å². The van der Waals surface area contributed by atoms with E-state index < -0.39 is 0 Å². The molecule has 0 fully saturated rings. The Bertz CT molecular complexity index is 772. The van der Waals surface area contributed by atoms with Crippen molar-refractivity contribution in [1.29, 1.82) is 0 Å². The maximum absolute atomic E-state index is 5.85. The Kier molecular flexibility index (Phi) is 1.81. The predicted molar refractivity (Wildman–Crippen MR) is 76.6 cm³/mol. The Hall–Kier alpha value is -2.28. The quantitative estimate of drug-likeness (QED) is 0.455. The Morgan fingerprint density at radius 3 is 2.56 bits per heavy atom. The zero-order valence-electron chi connectivity index (χ0n) is 9.98. The SMILES string of the molecule is Nc1ccc2cc3c(cc2c1)Cc1ccccc1-3. The van der Waals surface area contributed by atoms with Crippen LogP contribution in [0.25, 0.3) is 21.9 Å². The van der Waals surface area contributed by atoms with E-state index in [1.165, 1.54) is 33.0 Å². The van der Waals surface area contributed by atoms with Gasteiger partial charge in [0.25, 0.3) is 0 Å². The minimum Gasteiger partial charge on any atom is -0.399 e. The predicted octanol–water partition coefficient (Wildman–Crippen LogP) is 3.99. The minimum atomic E-state index is 0.831. The zero-order valence-corrected chi connectivity index (χ0v) is 9.98. The first-order valence-corrected chi connectivity index (χ1v) is 6.22. The number of hydrogen-bond acceptors (Lipinski definition) is 1. The molecule has 0 unspecified atom stereocenters. The highest BCUT2D eigenvalue weighted by atomic mass is 14.5. The van der Waals surface area contributed by atoms with E-state index in [0.29, 0.717) is 0 Å². The lowest BCUT2D eigenvalue weighted by molar-refractivity contribution is 1.27. The molecule has 0 saturated carbocycles. The van der Waals surface area contributed by atoms with Crippen molar-refractivity contribution in [2.45, 2.75) is 6.42 Å². The molecule has 0 heterocycles. The second-order valence-corrected chi connectivity index (χ2v) is 4.95. The van der Waals surface area contributed by atoms with Gasteiger partial charge in [-0.3, -0.25) is 0 Å². The van der Waals surface area contributed by atoms with Gasteiger partial charge in [0.15, 0.2) is 0 Å². The van der Waals surface area contributed by atoms with Crippen LogP contribution in [0.2, 0.25) is 0 Å². The molecule has 1 aliphatic rings. The largest absolute Gasteiger partial charge is 0.399 e. The third-order valence-electron chi connectivity index (χ3n) is 3.77. The normalized spacial score (nSPS) is 12.4. The second-order valence-electron chi connectivity index (χ2n) is 4.95. The number of fused-ring (bicyclic) bond motifs is 4. The summed E-state index contributed by atoms with van der Waals surface area (Å²) < 4.78 is 0. The molecule has 18 heavy (non-hydrogen) atoms. The fourth-order valence-corrected chi connectivity index (χ4v) is 2.90.